The zero-order chi connectivity index (χ0) is 15.2. The van der Waals surface area contributed by atoms with E-state index in [4.69, 9.17) is 5.73 Å². The lowest BCUT2D eigenvalue weighted by Gasteiger charge is -2.26. The summed E-state index contributed by atoms with van der Waals surface area (Å²) in [6.45, 7) is 0. The normalized spacial score (nSPS) is 25.6. The van der Waals surface area contributed by atoms with Crippen molar-refractivity contribution in [1.82, 2.24) is 0 Å². The molecule has 0 saturated heterocycles. The smallest absolute Gasteiger partial charge is 0.255 e. The lowest BCUT2D eigenvalue weighted by atomic mass is 9.79. The third-order valence-electron chi connectivity index (χ3n) is 5.14. The minimum absolute atomic E-state index is 0.0643. The third kappa shape index (κ3) is 2.13. The Bertz CT molecular complexity index is 725. The van der Waals surface area contributed by atoms with E-state index in [1.807, 2.05) is 36.4 Å². The summed E-state index contributed by atoms with van der Waals surface area (Å²) in [4.78, 5) is 12.3. The van der Waals surface area contributed by atoms with E-state index in [2.05, 4.69) is 17.4 Å². The van der Waals surface area contributed by atoms with E-state index in [1.54, 1.807) is 0 Å². The number of nitrogens with two attached hydrogens (primary N) is 1. The number of nitrogens with one attached hydrogen (secondary N) is 1. The summed E-state index contributed by atoms with van der Waals surface area (Å²) in [7, 11) is 0. The molecule has 3 N–H and O–H groups in total. The number of fused-ring (bicyclic) bond motifs is 2. The Balaban J connectivity index is 1.62. The molecule has 0 aromatic heterocycles. The molecule has 2 aliphatic carbocycles. The van der Waals surface area contributed by atoms with Crippen LogP contribution in [0.3, 0.4) is 0 Å². The molecule has 1 amide bonds. The largest absolute Gasteiger partial charge is 0.327 e. The maximum absolute atomic E-state index is 12.3. The predicted molar refractivity (Wildman–Crippen MR) is 88.0 cm³/mol. The van der Waals surface area contributed by atoms with Crippen LogP contribution in [0.25, 0.3) is 0 Å². The van der Waals surface area contributed by atoms with Crippen molar-refractivity contribution in [2.24, 2.45) is 5.73 Å². The fraction of sp³-hybridized carbons (Fsp3) is 0.316. The number of aryl methyl sites for hydroxylation is 1. The van der Waals surface area contributed by atoms with Crippen LogP contribution in [0.2, 0.25) is 0 Å². The Morgan fingerprint density at radius 3 is 2.68 bits per heavy atom. The van der Waals surface area contributed by atoms with Gasteiger partial charge < -0.3 is 11.1 Å². The van der Waals surface area contributed by atoms with E-state index in [-0.39, 0.29) is 17.4 Å². The van der Waals surface area contributed by atoms with Crippen LogP contribution in [0.4, 0.5) is 5.69 Å². The first kappa shape index (κ1) is 13.5. The Morgan fingerprint density at radius 2 is 1.95 bits per heavy atom. The topological polar surface area (TPSA) is 55.1 Å². The molecule has 0 aliphatic heterocycles. The van der Waals surface area contributed by atoms with Gasteiger partial charge in [0, 0.05) is 22.7 Å². The first-order valence-electron chi connectivity index (χ1n) is 7.94. The van der Waals surface area contributed by atoms with Gasteiger partial charge >= 0.3 is 0 Å². The summed E-state index contributed by atoms with van der Waals surface area (Å²) in [5, 5.41) is 3.01. The molecule has 4 rings (SSSR count). The fourth-order valence-corrected chi connectivity index (χ4v) is 3.79. The summed E-state index contributed by atoms with van der Waals surface area (Å²) in [6, 6.07) is 15.9. The van der Waals surface area contributed by atoms with Gasteiger partial charge in [0.05, 0.1) is 0 Å². The molecule has 22 heavy (non-hydrogen) atoms. The lowest BCUT2D eigenvalue weighted by Crippen LogP contribution is -2.24. The summed E-state index contributed by atoms with van der Waals surface area (Å²) >= 11 is 0. The Kier molecular flexibility index (Phi) is 3.05. The van der Waals surface area contributed by atoms with Crippen LogP contribution in [-0.2, 0) is 11.8 Å². The number of hydrogen-bond acceptors (Lipinski definition) is 2. The second kappa shape index (κ2) is 4.96. The number of rotatable bonds is 2. The van der Waals surface area contributed by atoms with Crippen LogP contribution in [0.5, 0.6) is 0 Å². The number of anilines is 1. The zero-order valence-electron chi connectivity index (χ0n) is 12.5. The summed E-state index contributed by atoms with van der Waals surface area (Å²) < 4.78 is 0. The second-order valence-electron chi connectivity index (χ2n) is 6.51. The van der Waals surface area contributed by atoms with E-state index < -0.39 is 0 Å². The molecular weight excluding hydrogens is 272 g/mol. The van der Waals surface area contributed by atoms with Crippen molar-refractivity contribution >= 4 is 11.6 Å². The van der Waals surface area contributed by atoms with Crippen LogP contribution in [0, 0.1) is 0 Å². The Morgan fingerprint density at radius 1 is 1.18 bits per heavy atom. The van der Waals surface area contributed by atoms with Crippen LogP contribution < -0.4 is 11.1 Å². The molecule has 2 aliphatic rings. The van der Waals surface area contributed by atoms with Gasteiger partial charge in [0.25, 0.3) is 5.91 Å². The molecule has 112 valence electrons. The molecule has 0 bridgehead atoms. The highest BCUT2D eigenvalue weighted by Gasteiger charge is 2.54. The van der Waals surface area contributed by atoms with E-state index in [1.165, 1.54) is 24.0 Å². The maximum atomic E-state index is 12.3. The minimum atomic E-state index is -0.0643. The number of amides is 1. The number of benzene rings is 2. The molecule has 0 unspecified atom stereocenters. The predicted octanol–water partition coefficient (Wildman–Crippen LogP) is 3.24. The number of carbonyl (C=O) groups excluding carboxylic acids is 1. The van der Waals surface area contributed by atoms with Crippen LogP contribution in [0.15, 0.2) is 48.5 Å². The molecule has 2 aromatic carbocycles. The molecular formula is C19H20N2O. The Hall–Kier alpha value is -2.13. The minimum Gasteiger partial charge on any atom is -0.327 e. The van der Waals surface area contributed by atoms with E-state index in [9.17, 15) is 4.79 Å². The molecule has 0 radical (unpaired) electrons. The monoisotopic (exact) mass is 292 g/mol. The van der Waals surface area contributed by atoms with Gasteiger partial charge in [-0.3, -0.25) is 4.79 Å². The number of hydrogen-bond donors (Lipinski definition) is 2. The van der Waals surface area contributed by atoms with Gasteiger partial charge in [0.1, 0.15) is 0 Å². The van der Waals surface area contributed by atoms with Crippen LogP contribution >= 0.6 is 0 Å². The molecule has 3 heteroatoms. The molecule has 0 heterocycles. The molecule has 2 aromatic rings. The van der Waals surface area contributed by atoms with Gasteiger partial charge in [-0.05, 0) is 61.1 Å². The van der Waals surface area contributed by atoms with Gasteiger partial charge in [0.15, 0.2) is 0 Å². The van der Waals surface area contributed by atoms with E-state index in [0.717, 1.165) is 18.5 Å². The highest BCUT2D eigenvalue weighted by molar-refractivity contribution is 6.04. The van der Waals surface area contributed by atoms with Crippen molar-refractivity contribution in [3.8, 4) is 0 Å². The van der Waals surface area contributed by atoms with Gasteiger partial charge in [-0.2, -0.15) is 0 Å². The standard InChI is InChI=1S/C19H20N2O/c20-17-12-19(17)10-4-7-13-8-9-15(11-16(13)19)21-18(22)14-5-2-1-3-6-14/h1-3,5-6,8-9,11,17H,4,7,10,12,20H2,(H,21,22)/t17-,19-/m0/s1. The van der Waals surface area contributed by atoms with E-state index in [0.29, 0.717) is 5.56 Å². The quantitative estimate of drug-likeness (QED) is 0.892. The Labute approximate surface area is 130 Å². The average molecular weight is 292 g/mol. The van der Waals surface area contributed by atoms with Crippen molar-refractivity contribution in [1.29, 1.82) is 0 Å². The third-order valence-corrected chi connectivity index (χ3v) is 5.14. The highest BCUT2D eigenvalue weighted by Crippen LogP contribution is 2.54. The molecule has 2 atom stereocenters. The molecule has 1 spiro atoms. The molecule has 1 fully saturated rings. The summed E-state index contributed by atoms with van der Waals surface area (Å²) in [5.74, 6) is -0.0643. The van der Waals surface area contributed by atoms with Crippen LogP contribution in [0.1, 0.15) is 40.7 Å². The average Bonchev–Trinajstić information content (AvgIpc) is 3.19. The van der Waals surface area contributed by atoms with Crippen molar-refractivity contribution in [2.45, 2.75) is 37.1 Å². The van der Waals surface area contributed by atoms with Crippen molar-refractivity contribution in [3.05, 3.63) is 65.2 Å². The van der Waals surface area contributed by atoms with Crippen molar-refractivity contribution in [2.75, 3.05) is 5.32 Å². The first-order chi connectivity index (χ1) is 10.7. The summed E-state index contributed by atoms with van der Waals surface area (Å²) in [6.07, 6.45) is 4.60. The van der Waals surface area contributed by atoms with Gasteiger partial charge in [-0.1, -0.05) is 24.3 Å². The second-order valence-corrected chi connectivity index (χ2v) is 6.51. The van der Waals surface area contributed by atoms with Gasteiger partial charge in [0.2, 0.25) is 0 Å². The maximum Gasteiger partial charge on any atom is 0.255 e. The zero-order valence-corrected chi connectivity index (χ0v) is 12.5. The summed E-state index contributed by atoms with van der Waals surface area (Å²) in [5.41, 5.74) is 10.7. The molecule has 3 nitrogen and oxygen atoms in total. The van der Waals surface area contributed by atoms with Crippen molar-refractivity contribution in [3.63, 3.8) is 0 Å². The van der Waals surface area contributed by atoms with Crippen LogP contribution in [-0.4, -0.2) is 11.9 Å². The fourth-order valence-electron chi connectivity index (χ4n) is 3.79. The van der Waals surface area contributed by atoms with Gasteiger partial charge in [-0.25, -0.2) is 0 Å². The lowest BCUT2D eigenvalue weighted by molar-refractivity contribution is 0.102. The highest BCUT2D eigenvalue weighted by atomic mass is 16.1. The first-order valence-corrected chi connectivity index (χ1v) is 7.94. The van der Waals surface area contributed by atoms with Crippen molar-refractivity contribution < 1.29 is 4.79 Å². The number of carbonyl (C=O) groups is 1. The van der Waals surface area contributed by atoms with Gasteiger partial charge in [-0.15, -0.1) is 0 Å². The SMILES string of the molecule is N[C@H]1C[C@]12CCCc1ccc(NC(=O)c3ccccc3)cc12. The molecule has 1 saturated carbocycles. The van der Waals surface area contributed by atoms with E-state index >= 15 is 0 Å².